The van der Waals surface area contributed by atoms with Gasteiger partial charge in [-0.05, 0) is 110 Å². The first kappa shape index (κ1) is 28.4. The van der Waals surface area contributed by atoms with Crippen LogP contribution in [0, 0.1) is 17.4 Å². The largest absolute Gasteiger partial charge is 0.493 e. The quantitative estimate of drug-likeness (QED) is 0.350. The van der Waals surface area contributed by atoms with Gasteiger partial charge in [-0.3, -0.25) is 14.4 Å². The molecule has 0 unspecified atom stereocenters. The van der Waals surface area contributed by atoms with Crippen molar-refractivity contribution >= 4 is 45.8 Å². The van der Waals surface area contributed by atoms with Crippen LogP contribution in [0.25, 0.3) is 0 Å². The minimum absolute atomic E-state index is 0.118. The van der Waals surface area contributed by atoms with Gasteiger partial charge < -0.3 is 19.7 Å². The number of Topliss-reactive ketones (excluding diaryl/α,β-unsaturated/α-hetero) is 2. The van der Waals surface area contributed by atoms with Crippen LogP contribution in [0.15, 0.2) is 52.9 Å². The Bertz CT molecular complexity index is 1410. The molecule has 1 heterocycles. The van der Waals surface area contributed by atoms with E-state index in [4.69, 9.17) is 9.47 Å². The lowest BCUT2D eigenvalue weighted by molar-refractivity contribution is -0.118. The number of rotatable bonds is 7. The van der Waals surface area contributed by atoms with Crippen molar-refractivity contribution in [3.8, 4) is 11.5 Å². The number of carbonyl (C=O) groups excluding carboxylic acids is 3. The number of anilines is 1. The van der Waals surface area contributed by atoms with Gasteiger partial charge in [-0.1, -0.05) is 6.07 Å². The molecule has 1 amide bonds. The smallest absolute Gasteiger partial charge is 0.262 e. The predicted molar refractivity (Wildman–Crippen MR) is 163 cm³/mol. The fraction of sp³-hybridized carbons (Fsp3) is 0.406. The average molecular weight is 655 g/mol. The Hall–Kier alpha value is -3.14. The highest BCUT2D eigenvalue weighted by molar-refractivity contribution is 14.1. The summed E-state index contributed by atoms with van der Waals surface area (Å²) in [6, 6.07) is 9.60. The normalized spacial score (nSPS) is 17.6. The van der Waals surface area contributed by atoms with E-state index >= 15 is 0 Å². The van der Waals surface area contributed by atoms with E-state index < -0.39 is 5.92 Å². The number of hydrogen-bond acceptors (Lipinski definition) is 6. The fourth-order valence-electron chi connectivity index (χ4n) is 6.13. The van der Waals surface area contributed by atoms with Crippen LogP contribution >= 0.6 is 22.6 Å². The minimum atomic E-state index is -0.419. The second-order valence-electron chi connectivity index (χ2n) is 10.6. The van der Waals surface area contributed by atoms with Gasteiger partial charge in [-0.2, -0.15) is 0 Å². The van der Waals surface area contributed by atoms with Crippen LogP contribution in [0.1, 0.15) is 68.1 Å². The number of hydrogen-bond donors (Lipinski definition) is 1. The summed E-state index contributed by atoms with van der Waals surface area (Å²) in [5.74, 6) is 0.468. The van der Waals surface area contributed by atoms with E-state index in [1.807, 2.05) is 44.2 Å². The Kier molecular flexibility index (Phi) is 8.35. The first-order valence-corrected chi connectivity index (χ1v) is 15.0. The van der Waals surface area contributed by atoms with E-state index in [9.17, 15) is 14.4 Å². The van der Waals surface area contributed by atoms with E-state index in [1.165, 1.54) is 0 Å². The van der Waals surface area contributed by atoms with Gasteiger partial charge in [0.1, 0.15) is 0 Å². The number of allylic oxidation sites excluding steroid dienone is 4. The van der Waals surface area contributed by atoms with Crippen molar-refractivity contribution in [3.63, 3.8) is 0 Å². The van der Waals surface area contributed by atoms with E-state index in [0.717, 1.165) is 80.7 Å². The van der Waals surface area contributed by atoms with E-state index in [-0.39, 0.29) is 24.1 Å². The van der Waals surface area contributed by atoms with E-state index in [2.05, 4.69) is 39.7 Å². The summed E-state index contributed by atoms with van der Waals surface area (Å²) in [4.78, 5) is 41.7. The number of ether oxygens (including phenoxy) is 2. The maximum absolute atomic E-state index is 13.4. The Balaban J connectivity index is 1.47. The highest BCUT2D eigenvalue weighted by Crippen LogP contribution is 2.50. The Morgan fingerprint density at radius 2 is 1.62 bits per heavy atom. The second-order valence-corrected chi connectivity index (χ2v) is 11.8. The van der Waals surface area contributed by atoms with Crippen molar-refractivity contribution in [1.29, 1.82) is 0 Å². The predicted octanol–water partition coefficient (Wildman–Crippen LogP) is 6.37. The van der Waals surface area contributed by atoms with Gasteiger partial charge in [0.05, 0.1) is 10.7 Å². The number of benzene rings is 2. The van der Waals surface area contributed by atoms with Crippen LogP contribution in [0.2, 0.25) is 0 Å². The molecule has 0 bridgehead atoms. The summed E-state index contributed by atoms with van der Waals surface area (Å²) < 4.78 is 12.4. The molecule has 0 atom stereocenters. The number of aryl methyl sites for hydroxylation is 2. The SMILES string of the molecule is CCN1C2=C(C(=O)CCC2)C(c2cc(I)c(OCC(=O)Nc3ccc(C)c(C)c3)c(OC)c2)C2=C1CCCC2=O. The maximum atomic E-state index is 13.4. The van der Waals surface area contributed by atoms with Crippen molar-refractivity contribution in [2.45, 2.75) is 65.2 Å². The van der Waals surface area contributed by atoms with Crippen molar-refractivity contribution in [3.05, 3.63) is 73.1 Å². The third-order valence-corrected chi connectivity index (χ3v) is 8.93. The van der Waals surface area contributed by atoms with Crippen LogP contribution in [-0.2, 0) is 14.4 Å². The third kappa shape index (κ3) is 5.30. The molecule has 5 rings (SSSR count). The molecule has 40 heavy (non-hydrogen) atoms. The summed E-state index contributed by atoms with van der Waals surface area (Å²) in [6.07, 6.45) is 4.32. The third-order valence-electron chi connectivity index (χ3n) is 8.13. The zero-order valence-corrected chi connectivity index (χ0v) is 25.6. The first-order valence-electron chi connectivity index (χ1n) is 13.9. The van der Waals surface area contributed by atoms with E-state index in [0.29, 0.717) is 24.3 Å². The first-order chi connectivity index (χ1) is 19.2. The Morgan fingerprint density at radius 1 is 0.975 bits per heavy atom. The molecule has 2 aliphatic carbocycles. The van der Waals surface area contributed by atoms with Crippen LogP contribution in [0.5, 0.6) is 11.5 Å². The van der Waals surface area contributed by atoms with Gasteiger partial charge in [-0.25, -0.2) is 0 Å². The molecule has 0 fully saturated rings. The number of methoxy groups -OCH3 is 1. The molecule has 7 nitrogen and oxygen atoms in total. The lowest BCUT2D eigenvalue weighted by atomic mass is 9.71. The zero-order valence-electron chi connectivity index (χ0n) is 23.5. The molecule has 2 aromatic carbocycles. The summed E-state index contributed by atoms with van der Waals surface area (Å²) >= 11 is 2.18. The number of halogens is 1. The van der Waals surface area contributed by atoms with Gasteiger partial charge in [-0.15, -0.1) is 0 Å². The average Bonchev–Trinajstić information content (AvgIpc) is 2.93. The molecular weight excluding hydrogens is 619 g/mol. The fourth-order valence-corrected chi connectivity index (χ4v) is 6.91. The number of amides is 1. The van der Waals surface area contributed by atoms with Crippen molar-refractivity contribution < 1.29 is 23.9 Å². The minimum Gasteiger partial charge on any atom is -0.493 e. The van der Waals surface area contributed by atoms with Crippen LogP contribution in [-0.4, -0.2) is 42.6 Å². The van der Waals surface area contributed by atoms with E-state index in [1.54, 1.807) is 7.11 Å². The summed E-state index contributed by atoms with van der Waals surface area (Å²) in [7, 11) is 1.56. The Labute approximate surface area is 249 Å². The van der Waals surface area contributed by atoms with Gasteiger partial charge in [0, 0.05) is 53.5 Å². The van der Waals surface area contributed by atoms with Crippen LogP contribution < -0.4 is 14.8 Å². The molecule has 1 aliphatic heterocycles. The Morgan fingerprint density at radius 3 is 2.20 bits per heavy atom. The monoisotopic (exact) mass is 654 g/mol. The standard InChI is InChI=1S/C32H35IN2O5/c1-5-35-23-8-6-10-25(36)30(23)29(31-24(35)9-7-11-26(31)37)20-15-22(33)32(27(16-20)39-4)40-17-28(38)34-21-13-12-18(2)19(3)14-21/h12-16,29H,5-11,17H2,1-4H3,(H,34,38). The van der Waals surface area contributed by atoms with Crippen molar-refractivity contribution in [2.24, 2.45) is 0 Å². The number of ketones is 2. The molecule has 0 radical (unpaired) electrons. The highest BCUT2D eigenvalue weighted by Gasteiger charge is 2.43. The van der Waals surface area contributed by atoms with Crippen molar-refractivity contribution in [2.75, 3.05) is 25.6 Å². The van der Waals surface area contributed by atoms with Crippen LogP contribution in [0.3, 0.4) is 0 Å². The molecule has 0 saturated heterocycles. The van der Waals surface area contributed by atoms with Gasteiger partial charge in [0.15, 0.2) is 29.7 Å². The highest BCUT2D eigenvalue weighted by atomic mass is 127. The molecule has 1 N–H and O–H groups in total. The summed E-state index contributed by atoms with van der Waals surface area (Å²) in [6.45, 7) is 6.67. The molecular formula is C32H35IN2O5. The van der Waals surface area contributed by atoms with Crippen LogP contribution in [0.4, 0.5) is 5.69 Å². The molecule has 210 valence electrons. The molecule has 0 spiro atoms. The molecule has 3 aliphatic rings. The zero-order chi connectivity index (χ0) is 28.6. The number of nitrogens with zero attached hydrogens (tertiary/aromatic N) is 1. The molecule has 0 saturated carbocycles. The van der Waals surface area contributed by atoms with Crippen molar-refractivity contribution in [1.82, 2.24) is 4.90 Å². The summed E-state index contributed by atoms with van der Waals surface area (Å²) in [5.41, 5.74) is 7.44. The van der Waals surface area contributed by atoms with Gasteiger partial charge in [0.25, 0.3) is 5.91 Å². The number of carbonyl (C=O) groups is 3. The van der Waals surface area contributed by atoms with Gasteiger partial charge in [0.2, 0.25) is 0 Å². The molecule has 8 heteroatoms. The van der Waals surface area contributed by atoms with Gasteiger partial charge >= 0.3 is 0 Å². The second kappa shape index (κ2) is 11.8. The molecule has 0 aromatic heterocycles. The molecule has 2 aromatic rings. The summed E-state index contributed by atoms with van der Waals surface area (Å²) in [5, 5.41) is 2.88. The maximum Gasteiger partial charge on any atom is 0.262 e. The lowest BCUT2D eigenvalue weighted by Gasteiger charge is -2.43. The number of nitrogens with one attached hydrogen (secondary N) is 1. The topological polar surface area (TPSA) is 84.9 Å². The lowest BCUT2D eigenvalue weighted by Crippen LogP contribution is -2.39.